The van der Waals surface area contributed by atoms with Gasteiger partial charge in [-0.25, -0.2) is 9.59 Å². The van der Waals surface area contributed by atoms with Crippen molar-refractivity contribution < 1.29 is 19.4 Å². The van der Waals surface area contributed by atoms with E-state index in [4.69, 9.17) is 4.74 Å². The van der Waals surface area contributed by atoms with Crippen molar-refractivity contribution in [1.82, 2.24) is 4.90 Å². The van der Waals surface area contributed by atoms with Crippen molar-refractivity contribution in [1.29, 1.82) is 0 Å². The van der Waals surface area contributed by atoms with Crippen LogP contribution in [0.5, 0.6) is 0 Å². The lowest BCUT2D eigenvalue weighted by molar-refractivity contribution is -0.145. The fourth-order valence-electron chi connectivity index (χ4n) is 2.08. The Hall–Kier alpha value is -1.26. The molecule has 1 atom stereocenters. The maximum Gasteiger partial charge on any atom is 0.411 e. The van der Waals surface area contributed by atoms with E-state index < -0.39 is 29.1 Å². The van der Waals surface area contributed by atoms with Gasteiger partial charge in [-0.1, -0.05) is 13.8 Å². The molecule has 1 saturated heterocycles. The number of carbonyl (C=O) groups excluding carboxylic acids is 1. The molecule has 1 aliphatic rings. The highest BCUT2D eigenvalue weighted by atomic mass is 16.6. The first-order valence-electron chi connectivity index (χ1n) is 5.77. The molecule has 1 N–H and O–H groups in total. The second-order valence-electron chi connectivity index (χ2n) is 6.15. The lowest BCUT2D eigenvalue weighted by Crippen LogP contribution is -2.47. The number of hydrogen-bond acceptors (Lipinski definition) is 3. The van der Waals surface area contributed by atoms with Gasteiger partial charge >= 0.3 is 12.1 Å². The van der Waals surface area contributed by atoms with E-state index in [1.165, 1.54) is 4.90 Å². The average molecular weight is 243 g/mol. The third-order valence-electron chi connectivity index (χ3n) is 2.91. The number of aliphatic carboxylic acids is 1. The maximum absolute atomic E-state index is 11.9. The Morgan fingerprint density at radius 2 is 1.88 bits per heavy atom. The van der Waals surface area contributed by atoms with Crippen molar-refractivity contribution in [3.8, 4) is 0 Å². The maximum atomic E-state index is 11.9. The van der Waals surface area contributed by atoms with E-state index >= 15 is 0 Å². The quantitative estimate of drug-likeness (QED) is 0.766. The molecule has 17 heavy (non-hydrogen) atoms. The Bertz CT molecular complexity index is 330. The SMILES string of the molecule is CC(C)(C)OC(=O)N1CCC(C)(C)[C@H]1C(=O)O. The van der Waals surface area contributed by atoms with Gasteiger partial charge in [-0.15, -0.1) is 0 Å². The number of rotatable bonds is 1. The highest BCUT2D eigenvalue weighted by Crippen LogP contribution is 2.36. The minimum absolute atomic E-state index is 0.414. The minimum atomic E-state index is -0.974. The summed E-state index contributed by atoms with van der Waals surface area (Å²) in [5.41, 5.74) is -1.02. The second-order valence-corrected chi connectivity index (χ2v) is 6.15. The minimum Gasteiger partial charge on any atom is -0.480 e. The predicted octanol–water partition coefficient (Wildman–Crippen LogP) is 2.11. The van der Waals surface area contributed by atoms with Gasteiger partial charge in [0.15, 0.2) is 0 Å². The Labute approximate surface area is 102 Å². The van der Waals surface area contributed by atoms with Gasteiger partial charge < -0.3 is 9.84 Å². The van der Waals surface area contributed by atoms with E-state index in [9.17, 15) is 14.7 Å². The largest absolute Gasteiger partial charge is 0.480 e. The molecule has 0 spiro atoms. The van der Waals surface area contributed by atoms with E-state index in [2.05, 4.69) is 0 Å². The Morgan fingerprint density at radius 3 is 2.29 bits per heavy atom. The molecular formula is C12H21NO4. The van der Waals surface area contributed by atoms with Crippen molar-refractivity contribution in [3.63, 3.8) is 0 Å². The van der Waals surface area contributed by atoms with Crippen molar-refractivity contribution in [2.24, 2.45) is 5.41 Å². The first kappa shape index (κ1) is 13.8. The van der Waals surface area contributed by atoms with Crippen molar-refractivity contribution >= 4 is 12.1 Å². The number of ether oxygens (including phenoxy) is 1. The van der Waals surface area contributed by atoms with Crippen LogP contribution in [0, 0.1) is 5.41 Å². The van der Waals surface area contributed by atoms with Crippen LogP contribution in [0.2, 0.25) is 0 Å². The topological polar surface area (TPSA) is 66.8 Å². The molecule has 1 rings (SSSR count). The molecule has 98 valence electrons. The molecule has 0 aromatic carbocycles. The average Bonchev–Trinajstić information content (AvgIpc) is 2.37. The Balaban J connectivity index is 2.85. The van der Waals surface area contributed by atoms with Crippen LogP contribution in [0.25, 0.3) is 0 Å². The van der Waals surface area contributed by atoms with E-state index in [1.54, 1.807) is 20.8 Å². The molecule has 0 saturated carbocycles. The molecule has 5 heteroatoms. The summed E-state index contributed by atoms with van der Waals surface area (Å²) >= 11 is 0. The lowest BCUT2D eigenvalue weighted by atomic mass is 9.85. The third kappa shape index (κ3) is 3.11. The van der Waals surface area contributed by atoms with Crippen molar-refractivity contribution in [3.05, 3.63) is 0 Å². The molecule has 1 heterocycles. The van der Waals surface area contributed by atoms with E-state index in [0.717, 1.165) is 0 Å². The molecule has 0 unspecified atom stereocenters. The smallest absolute Gasteiger partial charge is 0.411 e. The molecular weight excluding hydrogens is 222 g/mol. The van der Waals surface area contributed by atoms with Crippen LogP contribution < -0.4 is 0 Å². The summed E-state index contributed by atoms with van der Waals surface area (Å²) in [6.45, 7) is 9.44. The summed E-state index contributed by atoms with van der Waals surface area (Å²) in [5, 5.41) is 9.22. The monoisotopic (exact) mass is 243 g/mol. The van der Waals surface area contributed by atoms with Gasteiger partial charge in [-0.05, 0) is 32.6 Å². The first-order chi connectivity index (χ1) is 7.54. The summed E-state index contributed by atoms with van der Waals surface area (Å²) in [6, 6.07) is -0.808. The van der Waals surface area contributed by atoms with Gasteiger partial charge in [-0.2, -0.15) is 0 Å². The predicted molar refractivity (Wildman–Crippen MR) is 62.8 cm³/mol. The highest BCUT2D eigenvalue weighted by Gasteiger charge is 2.48. The zero-order chi connectivity index (χ0) is 13.4. The fourth-order valence-corrected chi connectivity index (χ4v) is 2.08. The van der Waals surface area contributed by atoms with Crippen LogP contribution in [0.4, 0.5) is 4.79 Å². The molecule has 0 aliphatic carbocycles. The van der Waals surface area contributed by atoms with Gasteiger partial charge in [0.05, 0.1) is 0 Å². The number of likely N-dealkylation sites (tertiary alicyclic amines) is 1. The highest BCUT2D eigenvalue weighted by molar-refractivity contribution is 5.81. The Morgan fingerprint density at radius 1 is 1.35 bits per heavy atom. The zero-order valence-electron chi connectivity index (χ0n) is 11.1. The number of amides is 1. The number of nitrogens with zero attached hydrogens (tertiary/aromatic N) is 1. The molecule has 5 nitrogen and oxygen atoms in total. The van der Waals surface area contributed by atoms with Gasteiger partial charge in [0.2, 0.25) is 0 Å². The fraction of sp³-hybridized carbons (Fsp3) is 0.833. The summed E-state index contributed by atoms with van der Waals surface area (Å²) in [4.78, 5) is 24.5. The molecule has 1 fully saturated rings. The van der Waals surface area contributed by atoms with Gasteiger partial charge in [0.25, 0.3) is 0 Å². The molecule has 1 amide bonds. The number of carboxylic acids is 1. The van der Waals surface area contributed by atoms with Crippen molar-refractivity contribution in [2.75, 3.05) is 6.54 Å². The third-order valence-corrected chi connectivity index (χ3v) is 2.91. The summed E-state index contributed by atoms with van der Waals surface area (Å²) in [7, 11) is 0. The molecule has 0 aromatic rings. The molecule has 0 aromatic heterocycles. The molecule has 1 aliphatic heterocycles. The van der Waals surface area contributed by atoms with E-state index in [-0.39, 0.29) is 0 Å². The van der Waals surface area contributed by atoms with E-state index in [1.807, 2.05) is 13.8 Å². The number of hydrogen-bond donors (Lipinski definition) is 1. The molecule has 0 bridgehead atoms. The van der Waals surface area contributed by atoms with Crippen LogP contribution in [0.3, 0.4) is 0 Å². The molecule has 0 radical (unpaired) electrons. The van der Waals surface area contributed by atoms with Crippen LogP contribution in [-0.4, -0.2) is 40.3 Å². The van der Waals surface area contributed by atoms with Crippen LogP contribution in [0.1, 0.15) is 41.0 Å². The van der Waals surface area contributed by atoms with Gasteiger partial charge in [0, 0.05) is 6.54 Å². The summed E-state index contributed by atoms with van der Waals surface area (Å²) in [6.07, 6.45) is 0.124. The second kappa shape index (κ2) is 4.20. The van der Waals surface area contributed by atoms with Gasteiger partial charge in [-0.3, -0.25) is 4.90 Å². The van der Waals surface area contributed by atoms with E-state index in [0.29, 0.717) is 13.0 Å². The standard InChI is InChI=1S/C12H21NO4/c1-11(2,3)17-10(16)13-7-6-12(4,5)8(13)9(14)15/h8H,6-7H2,1-5H3,(H,14,15)/t8-/m1/s1. The van der Waals surface area contributed by atoms with Gasteiger partial charge in [0.1, 0.15) is 11.6 Å². The zero-order valence-corrected chi connectivity index (χ0v) is 11.1. The van der Waals surface area contributed by atoms with Crippen LogP contribution in [0.15, 0.2) is 0 Å². The lowest BCUT2D eigenvalue weighted by Gasteiger charge is -2.30. The number of carbonyl (C=O) groups is 2. The van der Waals surface area contributed by atoms with Crippen molar-refractivity contribution in [2.45, 2.75) is 52.7 Å². The van der Waals surface area contributed by atoms with Crippen LogP contribution in [-0.2, 0) is 9.53 Å². The van der Waals surface area contributed by atoms with Crippen LogP contribution >= 0.6 is 0 Å². The normalized spacial score (nSPS) is 23.6. The number of carboxylic acid groups (broad SMARTS) is 1. The first-order valence-corrected chi connectivity index (χ1v) is 5.77. The Kier molecular flexibility index (Phi) is 3.41. The summed E-state index contributed by atoms with van der Waals surface area (Å²) in [5.74, 6) is -0.974. The summed E-state index contributed by atoms with van der Waals surface area (Å²) < 4.78 is 5.22.